The first-order valence-corrected chi connectivity index (χ1v) is 12.2. The number of furan rings is 1. The summed E-state index contributed by atoms with van der Waals surface area (Å²) in [5, 5.41) is 19.2. The lowest BCUT2D eigenvalue weighted by Crippen LogP contribution is -2.31. The lowest BCUT2D eigenvalue weighted by molar-refractivity contribution is -0.114. The fourth-order valence-electron chi connectivity index (χ4n) is 3.83. The number of nitrogens with one attached hydrogen (secondary N) is 3. The second-order valence-electron chi connectivity index (χ2n) is 8.00. The topological polar surface area (TPSA) is 116 Å². The molecule has 0 saturated heterocycles. The van der Waals surface area contributed by atoms with Gasteiger partial charge in [0.1, 0.15) is 17.3 Å². The molecule has 0 bridgehead atoms. The van der Waals surface area contributed by atoms with Crippen LogP contribution >= 0.6 is 11.8 Å². The van der Waals surface area contributed by atoms with Crippen molar-refractivity contribution in [1.29, 1.82) is 5.26 Å². The number of ether oxygens (including phenoxy) is 1. The second kappa shape index (κ2) is 11.5. The highest BCUT2D eigenvalue weighted by Gasteiger charge is 2.36. The molecule has 0 saturated carbocycles. The van der Waals surface area contributed by atoms with E-state index in [4.69, 9.17) is 9.15 Å². The second-order valence-corrected chi connectivity index (χ2v) is 8.98. The van der Waals surface area contributed by atoms with Gasteiger partial charge in [0.05, 0.1) is 47.3 Å². The number of halogens is 1. The number of hydrogen-bond donors (Lipinski definition) is 3. The number of nitrogens with zero attached hydrogens (tertiary/aromatic N) is 1. The highest BCUT2D eigenvalue weighted by atomic mass is 32.2. The molecule has 1 aliphatic rings. The van der Waals surface area contributed by atoms with Gasteiger partial charge < -0.3 is 25.1 Å². The minimum Gasteiger partial charge on any atom is -0.497 e. The van der Waals surface area contributed by atoms with Crippen molar-refractivity contribution in [2.45, 2.75) is 12.8 Å². The van der Waals surface area contributed by atoms with Crippen LogP contribution in [0.5, 0.6) is 5.75 Å². The number of methoxy groups -OCH3 is 1. The molecule has 1 aliphatic heterocycles. The number of dihydropyridines is 1. The number of carbonyl (C=O) groups excluding carboxylic acids is 2. The lowest BCUT2D eigenvalue weighted by Gasteiger charge is -2.28. The van der Waals surface area contributed by atoms with E-state index >= 15 is 0 Å². The number of amides is 2. The third-order valence-corrected chi connectivity index (χ3v) is 6.54. The Hall–Kier alpha value is -4.49. The van der Waals surface area contributed by atoms with Crippen LogP contribution in [0.4, 0.5) is 15.8 Å². The molecule has 37 heavy (non-hydrogen) atoms. The minimum atomic E-state index is -0.800. The van der Waals surface area contributed by atoms with Gasteiger partial charge in [-0.25, -0.2) is 4.39 Å². The van der Waals surface area contributed by atoms with E-state index in [-0.39, 0.29) is 22.8 Å². The standard InChI is InChI=1S/C27H23FN4O4S/c1-16-24(26(34)32-18-10-8-17(28)9-11-18)25(22-7-4-12-36-22)21(14-29)27(30-16)37-15-23(33)31-19-5-3-6-20(13-19)35-2/h3-13,25,30H,15H2,1-2H3,(H,31,33)(H,32,34)/t25-/m1/s1. The molecular weight excluding hydrogens is 495 g/mol. The van der Waals surface area contributed by atoms with Gasteiger partial charge >= 0.3 is 0 Å². The Morgan fingerprint density at radius 3 is 2.59 bits per heavy atom. The van der Waals surface area contributed by atoms with E-state index in [1.54, 1.807) is 50.4 Å². The Morgan fingerprint density at radius 2 is 1.92 bits per heavy atom. The van der Waals surface area contributed by atoms with Crippen molar-refractivity contribution in [3.63, 3.8) is 0 Å². The maximum atomic E-state index is 13.3. The number of benzene rings is 2. The highest BCUT2D eigenvalue weighted by molar-refractivity contribution is 8.03. The number of rotatable bonds is 8. The van der Waals surface area contributed by atoms with E-state index in [1.165, 1.54) is 30.5 Å². The van der Waals surface area contributed by atoms with Crippen molar-refractivity contribution < 1.29 is 23.1 Å². The zero-order valence-electron chi connectivity index (χ0n) is 20.0. The first-order chi connectivity index (χ1) is 17.9. The summed E-state index contributed by atoms with van der Waals surface area (Å²) in [6, 6.07) is 17.9. The lowest BCUT2D eigenvalue weighted by atomic mass is 9.85. The van der Waals surface area contributed by atoms with E-state index in [9.17, 15) is 19.2 Å². The summed E-state index contributed by atoms with van der Waals surface area (Å²) in [7, 11) is 1.54. The van der Waals surface area contributed by atoms with Crippen molar-refractivity contribution in [2.75, 3.05) is 23.5 Å². The molecular formula is C27H23FN4O4S. The van der Waals surface area contributed by atoms with Gasteiger partial charge in [0.25, 0.3) is 5.91 Å². The summed E-state index contributed by atoms with van der Waals surface area (Å²) in [5.41, 5.74) is 2.00. The summed E-state index contributed by atoms with van der Waals surface area (Å²) < 4.78 is 24.1. The molecule has 8 nitrogen and oxygen atoms in total. The molecule has 2 aromatic carbocycles. The molecule has 2 heterocycles. The Bertz CT molecular complexity index is 1410. The fraction of sp³-hybridized carbons (Fsp3) is 0.148. The molecule has 3 N–H and O–H groups in total. The number of anilines is 2. The fourth-order valence-corrected chi connectivity index (χ4v) is 4.73. The maximum absolute atomic E-state index is 13.3. The molecule has 0 radical (unpaired) electrons. The van der Waals surface area contributed by atoms with Crippen molar-refractivity contribution in [1.82, 2.24) is 5.32 Å². The van der Waals surface area contributed by atoms with Gasteiger partial charge in [-0.2, -0.15) is 5.26 Å². The number of allylic oxidation sites excluding steroid dienone is 2. The number of carbonyl (C=O) groups is 2. The maximum Gasteiger partial charge on any atom is 0.254 e. The average molecular weight is 519 g/mol. The summed E-state index contributed by atoms with van der Waals surface area (Å²) in [6.07, 6.45) is 1.46. The molecule has 10 heteroatoms. The van der Waals surface area contributed by atoms with E-state index in [0.29, 0.717) is 33.6 Å². The van der Waals surface area contributed by atoms with Crippen LogP contribution in [0.3, 0.4) is 0 Å². The van der Waals surface area contributed by atoms with Gasteiger partial charge in [-0.1, -0.05) is 17.8 Å². The Kier molecular flexibility index (Phi) is 7.95. The molecule has 188 valence electrons. The van der Waals surface area contributed by atoms with Crippen LogP contribution in [0.1, 0.15) is 18.6 Å². The molecule has 0 spiro atoms. The third-order valence-electron chi connectivity index (χ3n) is 5.52. The SMILES string of the molecule is COc1cccc(NC(=O)CSC2=C(C#N)[C@H](c3ccco3)C(C(=O)Nc3ccc(F)cc3)=C(C)N2)c1. The first kappa shape index (κ1) is 25.6. The molecule has 2 amide bonds. The van der Waals surface area contributed by atoms with Crippen LogP contribution in [0.2, 0.25) is 0 Å². The van der Waals surface area contributed by atoms with Gasteiger partial charge in [0, 0.05) is 23.1 Å². The summed E-state index contributed by atoms with van der Waals surface area (Å²) in [5.74, 6) is -0.937. The summed E-state index contributed by atoms with van der Waals surface area (Å²) >= 11 is 1.14. The number of nitriles is 1. The minimum absolute atomic E-state index is 0.0139. The molecule has 0 aliphatic carbocycles. The normalized spacial score (nSPS) is 15.0. The third kappa shape index (κ3) is 6.02. The van der Waals surface area contributed by atoms with Crippen molar-refractivity contribution in [3.8, 4) is 11.8 Å². The Balaban J connectivity index is 1.56. The molecule has 3 aromatic rings. The number of thioether (sulfide) groups is 1. The highest BCUT2D eigenvalue weighted by Crippen LogP contribution is 2.41. The van der Waals surface area contributed by atoms with E-state index in [0.717, 1.165) is 11.8 Å². The predicted molar refractivity (Wildman–Crippen MR) is 139 cm³/mol. The predicted octanol–water partition coefficient (Wildman–Crippen LogP) is 5.13. The van der Waals surface area contributed by atoms with E-state index in [2.05, 4.69) is 22.0 Å². The molecule has 1 atom stereocenters. The van der Waals surface area contributed by atoms with Gasteiger partial charge in [0.2, 0.25) is 5.91 Å². The molecule has 0 fully saturated rings. The van der Waals surface area contributed by atoms with Crippen LogP contribution < -0.4 is 20.7 Å². The molecule has 0 unspecified atom stereocenters. The zero-order valence-corrected chi connectivity index (χ0v) is 20.8. The quantitative estimate of drug-likeness (QED) is 0.378. The summed E-state index contributed by atoms with van der Waals surface area (Å²) in [4.78, 5) is 25.9. The van der Waals surface area contributed by atoms with Gasteiger partial charge in [-0.3, -0.25) is 9.59 Å². The number of hydrogen-bond acceptors (Lipinski definition) is 7. The van der Waals surface area contributed by atoms with Gasteiger partial charge in [-0.15, -0.1) is 0 Å². The van der Waals surface area contributed by atoms with Crippen molar-refractivity contribution in [3.05, 3.63) is 100 Å². The van der Waals surface area contributed by atoms with E-state index < -0.39 is 17.6 Å². The smallest absolute Gasteiger partial charge is 0.254 e. The summed E-state index contributed by atoms with van der Waals surface area (Å²) in [6.45, 7) is 1.71. The Labute approximate surface area is 217 Å². The van der Waals surface area contributed by atoms with Crippen molar-refractivity contribution in [2.24, 2.45) is 0 Å². The molecule has 4 rings (SSSR count). The largest absolute Gasteiger partial charge is 0.497 e. The average Bonchev–Trinajstić information content (AvgIpc) is 3.43. The molecule has 1 aromatic heterocycles. The van der Waals surface area contributed by atoms with Crippen LogP contribution in [0.25, 0.3) is 0 Å². The van der Waals surface area contributed by atoms with Gasteiger partial charge in [-0.05, 0) is 55.5 Å². The van der Waals surface area contributed by atoms with Crippen molar-refractivity contribution >= 4 is 35.0 Å². The zero-order chi connectivity index (χ0) is 26.4. The Morgan fingerprint density at radius 1 is 1.14 bits per heavy atom. The van der Waals surface area contributed by atoms with E-state index in [1.807, 2.05) is 0 Å². The first-order valence-electron chi connectivity index (χ1n) is 11.2. The van der Waals surface area contributed by atoms with Crippen LogP contribution in [-0.2, 0) is 9.59 Å². The van der Waals surface area contributed by atoms with Crippen LogP contribution in [-0.4, -0.2) is 24.7 Å². The monoisotopic (exact) mass is 518 g/mol. The van der Waals surface area contributed by atoms with Gasteiger partial charge in [0.15, 0.2) is 0 Å². The van der Waals surface area contributed by atoms with Crippen LogP contribution in [0, 0.1) is 17.1 Å². The van der Waals surface area contributed by atoms with Crippen LogP contribution in [0.15, 0.2) is 93.2 Å².